The SMILES string of the molecule is COc1ccc(NC(=O)[C@@H](CCCN=C(N)N)NC(=O)c2cc(NC(=O)[C@@H](CCCN=C(N)N)NC(=O)c3cc(NC(=O)[C@@H](CCCN=C(N)N)NC(=O)CCCCN=C(N)N)ccc3OC)ccc2OC)cc1C(=O)N[C@H](CCCN=C(N)N)C(C)=O. The van der Waals surface area contributed by atoms with Crippen LogP contribution >= 0.6 is 0 Å². The predicted octanol–water partition coefficient (Wildman–Crippen LogP) is -2.04. The third-order valence-electron chi connectivity index (χ3n) is 12.7. The third kappa shape index (κ3) is 26.1. The number of guanidine groups is 5. The van der Waals surface area contributed by atoms with Gasteiger partial charge in [0.05, 0.1) is 44.1 Å². The number of Topliss-reactive ketones (excluding diaryl/α,β-unsaturated/α-hetero) is 1. The van der Waals surface area contributed by atoms with Gasteiger partial charge in [-0.25, -0.2) is 0 Å². The van der Waals surface area contributed by atoms with Crippen molar-refractivity contribution in [3.63, 3.8) is 0 Å². The monoisotopic (exact) mass is 1230 g/mol. The van der Waals surface area contributed by atoms with Gasteiger partial charge >= 0.3 is 0 Å². The van der Waals surface area contributed by atoms with E-state index in [-0.39, 0.29) is 158 Å². The van der Waals surface area contributed by atoms with E-state index in [1.54, 1.807) is 0 Å². The van der Waals surface area contributed by atoms with Crippen LogP contribution in [0.1, 0.15) is 109 Å². The van der Waals surface area contributed by atoms with Crippen LogP contribution < -0.4 is 109 Å². The molecule has 0 spiro atoms. The first-order valence-electron chi connectivity index (χ1n) is 27.8. The minimum Gasteiger partial charge on any atom is -0.496 e. The molecule has 0 aromatic heterocycles. The number of nitrogens with one attached hydrogen (secondary N) is 7. The average molecular weight is 1230 g/mol. The number of unbranched alkanes of at least 4 members (excludes halogenated alkanes) is 1. The second-order valence-electron chi connectivity index (χ2n) is 19.6. The minimum atomic E-state index is -1.30. The first-order valence-corrected chi connectivity index (χ1v) is 27.8. The Morgan fingerprint density at radius 2 is 0.659 bits per heavy atom. The highest BCUT2D eigenvalue weighted by atomic mass is 16.5. The molecule has 480 valence electrons. The average Bonchev–Trinajstić information content (AvgIpc) is 3.63. The first-order chi connectivity index (χ1) is 41.8. The molecule has 33 heteroatoms. The molecule has 0 heterocycles. The molecule has 4 atom stereocenters. The fourth-order valence-electron chi connectivity index (χ4n) is 8.36. The summed E-state index contributed by atoms with van der Waals surface area (Å²) in [5, 5.41) is 19.1. The number of carbonyl (C=O) groups is 8. The van der Waals surface area contributed by atoms with E-state index in [9.17, 15) is 38.4 Å². The quantitative estimate of drug-likeness (QED) is 0.0167. The second-order valence-corrected chi connectivity index (χ2v) is 19.6. The lowest BCUT2D eigenvalue weighted by molar-refractivity contribution is -0.126. The van der Waals surface area contributed by atoms with Crippen molar-refractivity contribution in [2.24, 2.45) is 82.3 Å². The van der Waals surface area contributed by atoms with Crippen LogP contribution in [-0.4, -0.2) is 155 Å². The van der Waals surface area contributed by atoms with Gasteiger partial charge in [-0.05, 0) is 126 Å². The number of hydrogen-bond donors (Lipinski definition) is 17. The summed E-state index contributed by atoms with van der Waals surface area (Å²) in [5.41, 5.74) is 54.8. The minimum absolute atomic E-state index is 0.0109. The number of methoxy groups -OCH3 is 3. The van der Waals surface area contributed by atoms with Crippen molar-refractivity contribution >= 4 is 94.0 Å². The van der Waals surface area contributed by atoms with E-state index >= 15 is 0 Å². The van der Waals surface area contributed by atoms with E-state index < -0.39 is 65.5 Å². The highest BCUT2D eigenvalue weighted by molar-refractivity contribution is 6.07. The first kappa shape index (κ1) is 71.6. The Bertz CT molecular complexity index is 3040. The van der Waals surface area contributed by atoms with E-state index in [4.69, 9.17) is 71.5 Å². The molecule has 0 fully saturated rings. The lowest BCUT2D eigenvalue weighted by atomic mass is 10.1. The number of ketones is 1. The molecule has 0 radical (unpaired) electrons. The maximum atomic E-state index is 14.3. The topological polar surface area (TPSA) is 570 Å². The molecule has 0 aliphatic carbocycles. The molecule has 0 saturated carbocycles. The summed E-state index contributed by atoms with van der Waals surface area (Å²) in [6, 6.07) is 8.08. The fraction of sp³-hybridized carbons (Fsp3) is 0.436. The maximum absolute atomic E-state index is 14.3. The van der Waals surface area contributed by atoms with Crippen molar-refractivity contribution in [1.29, 1.82) is 0 Å². The Labute approximate surface area is 508 Å². The highest BCUT2D eigenvalue weighted by Gasteiger charge is 2.29. The summed E-state index contributed by atoms with van der Waals surface area (Å²) < 4.78 is 16.5. The van der Waals surface area contributed by atoms with Gasteiger partial charge in [-0.15, -0.1) is 0 Å². The molecule has 7 amide bonds. The van der Waals surface area contributed by atoms with Crippen molar-refractivity contribution < 1.29 is 52.6 Å². The lowest BCUT2D eigenvalue weighted by Gasteiger charge is -2.21. The number of nitrogens with two attached hydrogens (primary N) is 10. The number of aliphatic imine (C=N–C) groups is 5. The number of nitrogens with zero attached hydrogens (tertiary/aromatic N) is 5. The normalized spacial score (nSPS) is 11.9. The number of hydrogen-bond acceptors (Lipinski definition) is 16. The molecule has 88 heavy (non-hydrogen) atoms. The highest BCUT2D eigenvalue weighted by Crippen LogP contribution is 2.27. The van der Waals surface area contributed by atoms with Crippen molar-refractivity contribution in [3.05, 3.63) is 71.3 Å². The summed E-state index contributed by atoms with van der Waals surface area (Å²) in [5.74, 6) is -5.65. The molecule has 0 bridgehead atoms. The van der Waals surface area contributed by atoms with Crippen LogP contribution in [0.2, 0.25) is 0 Å². The molecular weight excluding hydrogens is 1140 g/mol. The van der Waals surface area contributed by atoms with Crippen LogP contribution in [0.15, 0.2) is 79.6 Å². The Balaban J connectivity index is 1.93. The number of rotatable bonds is 38. The summed E-state index contributed by atoms with van der Waals surface area (Å²) in [7, 11) is 3.96. The molecule has 27 N–H and O–H groups in total. The third-order valence-corrected chi connectivity index (χ3v) is 12.7. The van der Waals surface area contributed by atoms with Crippen LogP contribution in [0.4, 0.5) is 17.1 Å². The van der Waals surface area contributed by atoms with Crippen LogP contribution in [0.3, 0.4) is 0 Å². The molecule has 33 nitrogen and oxygen atoms in total. The zero-order valence-electron chi connectivity index (χ0n) is 49.8. The maximum Gasteiger partial charge on any atom is 0.255 e. The summed E-state index contributed by atoms with van der Waals surface area (Å²) in [6.07, 6.45) is 2.42. The number of ether oxygens (including phenoxy) is 3. The fourth-order valence-corrected chi connectivity index (χ4v) is 8.36. The van der Waals surface area contributed by atoms with Gasteiger partial charge in [-0.2, -0.15) is 0 Å². The van der Waals surface area contributed by atoms with Crippen LogP contribution in [-0.2, 0) is 24.0 Å². The molecule has 3 aromatic carbocycles. The molecule has 0 saturated heterocycles. The lowest BCUT2D eigenvalue weighted by Crippen LogP contribution is -2.44. The summed E-state index contributed by atoms with van der Waals surface area (Å²) in [4.78, 5) is 130. The Hall–Kier alpha value is -10.6. The van der Waals surface area contributed by atoms with Gasteiger partial charge in [0, 0.05) is 56.2 Å². The zero-order valence-corrected chi connectivity index (χ0v) is 49.8. The van der Waals surface area contributed by atoms with Gasteiger partial charge < -0.3 is 109 Å². The van der Waals surface area contributed by atoms with E-state index in [0.29, 0.717) is 32.2 Å². The Morgan fingerprint density at radius 1 is 0.386 bits per heavy atom. The Kier molecular flexibility index (Phi) is 30.6. The van der Waals surface area contributed by atoms with Gasteiger partial charge in [0.2, 0.25) is 23.6 Å². The van der Waals surface area contributed by atoms with Crippen molar-refractivity contribution in [2.75, 3.05) is 70.0 Å². The number of amides is 7. The van der Waals surface area contributed by atoms with Gasteiger partial charge in [0.25, 0.3) is 17.7 Å². The van der Waals surface area contributed by atoms with Crippen molar-refractivity contribution in [3.8, 4) is 17.2 Å². The Morgan fingerprint density at radius 3 is 0.943 bits per heavy atom. The molecule has 0 aliphatic rings. The molecule has 0 aliphatic heterocycles. The largest absolute Gasteiger partial charge is 0.496 e. The van der Waals surface area contributed by atoms with E-state index in [1.165, 1.54) is 82.9 Å². The second kappa shape index (κ2) is 37.6. The van der Waals surface area contributed by atoms with Crippen LogP contribution in [0, 0.1) is 0 Å². The molecule has 3 aromatic rings. The molecule has 3 rings (SSSR count). The number of benzene rings is 3. The van der Waals surface area contributed by atoms with E-state index in [2.05, 4.69) is 62.2 Å². The smallest absolute Gasteiger partial charge is 0.255 e. The van der Waals surface area contributed by atoms with Gasteiger partial charge in [0.15, 0.2) is 35.6 Å². The zero-order chi connectivity index (χ0) is 65.3. The van der Waals surface area contributed by atoms with Gasteiger partial charge in [-0.1, -0.05) is 0 Å². The summed E-state index contributed by atoms with van der Waals surface area (Å²) >= 11 is 0. The van der Waals surface area contributed by atoms with Crippen molar-refractivity contribution in [1.82, 2.24) is 21.3 Å². The van der Waals surface area contributed by atoms with Crippen molar-refractivity contribution in [2.45, 2.75) is 102 Å². The van der Waals surface area contributed by atoms with Crippen LogP contribution in [0.25, 0.3) is 0 Å². The molecular formula is C55H84N22O11. The standard InChI is InChI=1S/C55H84N22O11/c1-30(78)37(11-7-23-67-52(58)59)75-45(80)34-27-32(17-19-41(34)86-2)72-49(84)39(13-9-25-69-54(62)63)77-47(82)36-29-33(18-21-43(36)88-4)73-50(85)40(14-10-26-70-55(64)65)76-46(81)35-28-31(16-20-42(35)87-3)71-48(83)38(12-8-24-68-53(60)61)74-44(79)15-5-6-22-66-51(56)57/h16-21,27-29,37-40H,5-15,22-26H2,1-4H3,(H,71,83)(H,72,84)(H,73,85)(H,74,79)(H,75,80)(H,76,81)(H,77,82)(H4,56,57,66)(H4,58,59,67)(H4,60,61,68)(H4,62,63,69)(H4,64,65,70)/t37-,38-,39-,40-/m1/s1. The molecule has 0 unspecified atom stereocenters. The summed E-state index contributed by atoms with van der Waals surface area (Å²) in [6.45, 7) is 2.19. The van der Waals surface area contributed by atoms with Gasteiger partial charge in [-0.3, -0.25) is 63.3 Å². The van der Waals surface area contributed by atoms with E-state index in [1.807, 2.05) is 0 Å². The van der Waals surface area contributed by atoms with Gasteiger partial charge in [0.1, 0.15) is 35.4 Å². The number of carbonyl (C=O) groups excluding carboxylic acids is 8. The number of anilines is 3. The predicted molar refractivity (Wildman–Crippen MR) is 335 cm³/mol. The van der Waals surface area contributed by atoms with E-state index in [0.717, 1.165) is 0 Å². The van der Waals surface area contributed by atoms with Crippen LogP contribution in [0.5, 0.6) is 17.2 Å².